The second kappa shape index (κ2) is 6.15. The number of unbranched alkanes of at least 4 members (excludes halogenated alkanes) is 1. The number of hydrogen-bond donors (Lipinski definition) is 2. The summed E-state index contributed by atoms with van der Waals surface area (Å²) in [6, 6.07) is 0.0633. The van der Waals surface area contributed by atoms with Crippen molar-refractivity contribution in [1.29, 1.82) is 0 Å². The van der Waals surface area contributed by atoms with Crippen LogP contribution in [0.25, 0.3) is 0 Å². The number of carbonyl (C=O) groups excluding carboxylic acids is 2. The van der Waals surface area contributed by atoms with Crippen molar-refractivity contribution in [3.05, 3.63) is 0 Å². The highest BCUT2D eigenvalue weighted by Crippen LogP contribution is 2.12. The zero-order valence-corrected chi connectivity index (χ0v) is 11.1. The van der Waals surface area contributed by atoms with E-state index in [9.17, 15) is 9.59 Å². The van der Waals surface area contributed by atoms with E-state index in [2.05, 4.69) is 10.6 Å². The van der Waals surface area contributed by atoms with E-state index in [0.717, 1.165) is 25.8 Å². The van der Waals surface area contributed by atoms with Gasteiger partial charge in [-0.05, 0) is 19.3 Å². The van der Waals surface area contributed by atoms with Gasteiger partial charge in [0.05, 0.1) is 6.04 Å². The molecule has 1 amide bonds. The van der Waals surface area contributed by atoms with Gasteiger partial charge in [0.25, 0.3) is 0 Å². The number of rotatable bonds is 5. The Kier molecular flexibility index (Phi) is 5.12. The number of hydrogen-bond acceptors (Lipinski definition) is 3. The molecule has 0 aliphatic carbocycles. The smallest absolute Gasteiger partial charge is 0.225 e. The molecule has 4 heteroatoms. The van der Waals surface area contributed by atoms with Crippen molar-refractivity contribution in [2.45, 2.75) is 52.5 Å². The van der Waals surface area contributed by atoms with Gasteiger partial charge in [-0.1, -0.05) is 20.8 Å². The molecule has 1 saturated heterocycles. The minimum absolute atomic E-state index is 0.0633. The van der Waals surface area contributed by atoms with Crippen LogP contribution in [0.5, 0.6) is 0 Å². The van der Waals surface area contributed by atoms with Gasteiger partial charge in [-0.3, -0.25) is 9.59 Å². The molecule has 0 bridgehead atoms. The van der Waals surface area contributed by atoms with E-state index in [4.69, 9.17) is 0 Å². The van der Waals surface area contributed by atoms with Crippen LogP contribution >= 0.6 is 0 Å². The maximum absolute atomic E-state index is 11.6. The van der Waals surface area contributed by atoms with E-state index in [1.54, 1.807) is 0 Å². The lowest BCUT2D eigenvalue weighted by atomic mass is 9.95. The Bertz CT molecular complexity index is 282. The number of Topliss-reactive ketones (excluding diaryl/α,β-unsaturated/α-hetero) is 1. The summed E-state index contributed by atoms with van der Waals surface area (Å²) in [5, 5.41) is 6.11. The van der Waals surface area contributed by atoms with Crippen LogP contribution in [0.1, 0.15) is 46.5 Å². The lowest BCUT2D eigenvalue weighted by Crippen LogP contribution is -2.35. The molecule has 1 aliphatic heterocycles. The van der Waals surface area contributed by atoms with Crippen LogP contribution in [-0.2, 0) is 9.59 Å². The fourth-order valence-corrected chi connectivity index (χ4v) is 1.86. The first kappa shape index (κ1) is 14.2. The van der Waals surface area contributed by atoms with Crippen LogP contribution in [-0.4, -0.2) is 30.8 Å². The van der Waals surface area contributed by atoms with Gasteiger partial charge in [-0.25, -0.2) is 0 Å². The Balaban J connectivity index is 2.05. The predicted octanol–water partition coefficient (Wildman–Crippen LogP) is 1.25. The highest BCUT2D eigenvalue weighted by Gasteiger charge is 2.23. The lowest BCUT2D eigenvalue weighted by molar-refractivity contribution is -0.128. The van der Waals surface area contributed by atoms with Crippen molar-refractivity contribution in [1.82, 2.24) is 10.6 Å². The molecule has 1 rings (SSSR count). The summed E-state index contributed by atoms with van der Waals surface area (Å²) in [6.45, 7) is 7.25. The summed E-state index contributed by atoms with van der Waals surface area (Å²) in [4.78, 5) is 22.9. The fraction of sp³-hybridized carbons (Fsp3) is 0.846. The number of carbonyl (C=O) groups is 2. The van der Waals surface area contributed by atoms with Crippen molar-refractivity contribution < 1.29 is 9.59 Å². The Morgan fingerprint density at radius 1 is 1.41 bits per heavy atom. The second-order valence-electron chi connectivity index (χ2n) is 5.72. The molecule has 0 spiro atoms. The van der Waals surface area contributed by atoms with Crippen LogP contribution in [0.2, 0.25) is 0 Å². The van der Waals surface area contributed by atoms with Crippen LogP contribution in [0.4, 0.5) is 0 Å². The molecule has 1 fully saturated rings. The maximum atomic E-state index is 11.6. The van der Waals surface area contributed by atoms with Gasteiger partial charge in [-0.15, -0.1) is 0 Å². The number of ketones is 1. The molecule has 1 heterocycles. The summed E-state index contributed by atoms with van der Waals surface area (Å²) in [7, 11) is 0. The first-order valence-corrected chi connectivity index (χ1v) is 6.45. The Hall–Kier alpha value is -0.900. The predicted molar refractivity (Wildman–Crippen MR) is 67.7 cm³/mol. The molecule has 4 nitrogen and oxygen atoms in total. The van der Waals surface area contributed by atoms with E-state index >= 15 is 0 Å². The largest absolute Gasteiger partial charge is 0.356 e. The van der Waals surface area contributed by atoms with Crippen LogP contribution in [0.15, 0.2) is 0 Å². The molecule has 0 aromatic heterocycles. The Labute approximate surface area is 104 Å². The molecule has 1 atom stereocenters. The highest BCUT2D eigenvalue weighted by atomic mass is 16.2. The van der Waals surface area contributed by atoms with Gasteiger partial charge < -0.3 is 10.6 Å². The molecule has 0 radical (unpaired) electrons. The number of amides is 1. The van der Waals surface area contributed by atoms with Gasteiger partial charge in [0.1, 0.15) is 0 Å². The van der Waals surface area contributed by atoms with Gasteiger partial charge in [0, 0.05) is 24.9 Å². The summed E-state index contributed by atoms with van der Waals surface area (Å²) >= 11 is 0. The average Bonchev–Trinajstić information content (AvgIpc) is 2.62. The SMILES string of the molecule is CC(C)(C)C(=O)NCCCCC1NCCC1=O. The van der Waals surface area contributed by atoms with Crippen molar-refractivity contribution in [2.24, 2.45) is 5.41 Å². The molecular weight excluding hydrogens is 216 g/mol. The highest BCUT2D eigenvalue weighted by molar-refractivity contribution is 5.86. The lowest BCUT2D eigenvalue weighted by Gasteiger charge is -2.17. The van der Waals surface area contributed by atoms with Crippen LogP contribution < -0.4 is 10.6 Å². The normalized spacial score (nSPS) is 20.6. The third-order valence-corrected chi connectivity index (χ3v) is 3.04. The second-order valence-corrected chi connectivity index (χ2v) is 5.72. The van der Waals surface area contributed by atoms with E-state index in [1.165, 1.54) is 0 Å². The minimum Gasteiger partial charge on any atom is -0.356 e. The first-order chi connectivity index (χ1) is 7.91. The van der Waals surface area contributed by atoms with Gasteiger partial charge in [0.15, 0.2) is 5.78 Å². The van der Waals surface area contributed by atoms with E-state index in [0.29, 0.717) is 18.7 Å². The number of nitrogens with one attached hydrogen (secondary N) is 2. The van der Waals surface area contributed by atoms with E-state index < -0.39 is 0 Å². The molecule has 1 unspecified atom stereocenters. The molecule has 0 aromatic rings. The summed E-state index contributed by atoms with van der Waals surface area (Å²) in [5.74, 6) is 0.427. The molecular formula is C13H24N2O2. The third-order valence-electron chi connectivity index (χ3n) is 3.04. The molecule has 0 saturated carbocycles. The quantitative estimate of drug-likeness (QED) is 0.711. The fourth-order valence-electron chi connectivity index (χ4n) is 1.86. The maximum Gasteiger partial charge on any atom is 0.225 e. The van der Waals surface area contributed by atoms with Crippen LogP contribution in [0.3, 0.4) is 0 Å². The van der Waals surface area contributed by atoms with Crippen molar-refractivity contribution in [3.8, 4) is 0 Å². The van der Waals surface area contributed by atoms with E-state index in [-0.39, 0.29) is 17.4 Å². The zero-order valence-electron chi connectivity index (χ0n) is 11.1. The van der Waals surface area contributed by atoms with Crippen molar-refractivity contribution in [3.63, 3.8) is 0 Å². The molecule has 0 aromatic carbocycles. The average molecular weight is 240 g/mol. The van der Waals surface area contributed by atoms with Gasteiger partial charge >= 0.3 is 0 Å². The molecule has 17 heavy (non-hydrogen) atoms. The van der Waals surface area contributed by atoms with Crippen LogP contribution in [0, 0.1) is 5.41 Å². The summed E-state index contributed by atoms with van der Waals surface area (Å²) in [6.07, 6.45) is 3.48. The minimum atomic E-state index is -0.316. The molecule has 1 aliphatic rings. The zero-order chi connectivity index (χ0) is 12.9. The Morgan fingerprint density at radius 3 is 2.65 bits per heavy atom. The molecule has 2 N–H and O–H groups in total. The Morgan fingerprint density at radius 2 is 2.12 bits per heavy atom. The summed E-state index contributed by atoms with van der Waals surface area (Å²) < 4.78 is 0. The van der Waals surface area contributed by atoms with Gasteiger partial charge in [0.2, 0.25) is 5.91 Å². The van der Waals surface area contributed by atoms with Crippen molar-refractivity contribution >= 4 is 11.7 Å². The van der Waals surface area contributed by atoms with E-state index in [1.807, 2.05) is 20.8 Å². The topological polar surface area (TPSA) is 58.2 Å². The van der Waals surface area contributed by atoms with Gasteiger partial charge in [-0.2, -0.15) is 0 Å². The molecule has 98 valence electrons. The monoisotopic (exact) mass is 240 g/mol. The summed E-state index contributed by atoms with van der Waals surface area (Å²) in [5.41, 5.74) is -0.316. The first-order valence-electron chi connectivity index (χ1n) is 6.45. The van der Waals surface area contributed by atoms with Crippen molar-refractivity contribution in [2.75, 3.05) is 13.1 Å². The standard InChI is InChI=1S/C13H24N2O2/c1-13(2,3)12(17)15-8-5-4-6-10-11(16)7-9-14-10/h10,14H,4-9H2,1-3H3,(H,15,17). The third kappa shape index (κ3) is 4.86.